The highest BCUT2D eigenvalue weighted by Gasteiger charge is 2.50. The number of nitrogens with one attached hydrogen (secondary N) is 1. The van der Waals surface area contributed by atoms with Crippen molar-refractivity contribution in [3.63, 3.8) is 0 Å². The van der Waals surface area contributed by atoms with Gasteiger partial charge in [0, 0.05) is 18.1 Å². The second kappa shape index (κ2) is 8.41. The Bertz CT molecular complexity index is 493. The van der Waals surface area contributed by atoms with E-state index in [1.165, 1.54) is 51.4 Å². The van der Waals surface area contributed by atoms with E-state index >= 15 is 0 Å². The third kappa shape index (κ3) is 4.12. The van der Waals surface area contributed by atoms with E-state index in [1.54, 1.807) is 0 Å². The van der Waals surface area contributed by atoms with Crippen LogP contribution in [0.5, 0.6) is 0 Å². The van der Waals surface area contributed by atoms with E-state index in [4.69, 9.17) is 4.99 Å². The van der Waals surface area contributed by atoms with Crippen molar-refractivity contribution in [2.24, 2.45) is 10.9 Å². The maximum Gasteiger partial charge on any atom is 0.310 e. The molecule has 2 saturated heterocycles. The lowest BCUT2D eigenvalue weighted by molar-refractivity contribution is -0.144. The second-order valence-corrected chi connectivity index (χ2v) is 8.25. The first kappa shape index (κ1) is 18.5. The first-order valence-electron chi connectivity index (χ1n) is 10.5. The molecule has 0 aromatic carbocycles. The molecule has 0 amide bonds. The van der Waals surface area contributed by atoms with Crippen LogP contribution in [0.1, 0.15) is 84.5 Å². The number of carboxylic acid groups (broad SMARTS) is 1. The smallest absolute Gasteiger partial charge is 0.310 e. The monoisotopic (exact) mass is 349 g/mol. The van der Waals surface area contributed by atoms with Gasteiger partial charge < -0.3 is 15.3 Å². The number of guanidine groups is 1. The van der Waals surface area contributed by atoms with E-state index in [-0.39, 0.29) is 18.0 Å². The summed E-state index contributed by atoms with van der Waals surface area (Å²) in [6, 6.07) is 1.02. The van der Waals surface area contributed by atoms with Gasteiger partial charge in [-0.05, 0) is 32.6 Å². The van der Waals surface area contributed by atoms with Gasteiger partial charge in [-0.3, -0.25) is 4.79 Å². The van der Waals surface area contributed by atoms with Crippen molar-refractivity contribution in [3.8, 4) is 0 Å². The minimum Gasteiger partial charge on any atom is -0.481 e. The number of hydrogen-bond donors (Lipinski definition) is 2. The Morgan fingerprint density at radius 3 is 2.64 bits per heavy atom. The predicted molar refractivity (Wildman–Crippen MR) is 101 cm³/mol. The van der Waals surface area contributed by atoms with Crippen molar-refractivity contribution in [1.29, 1.82) is 0 Å². The average molecular weight is 350 g/mol. The molecule has 142 valence electrons. The maximum absolute atomic E-state index is 11.6. The highest BCUT2D eigenvalue weighted by molar-refractivity contribution is 5.85. The van der Waals surface area contributed by atoms with Crippen LogP contribution in [0, 0.1) is 5.92 Å². The van der Waals surface area contributed by atoms with Gasteiger partial charge >= 0.3 is 5.97 Å². The minimum absolute atomic E-state index is 0.127. The number of carboxylic acids is 1. The van der Waals surface area contributed by atoms with Gasteiger partial charge in [0.15, 0.2) is 5.96 Å². The number of hydrogen-bond acceptors (Lipinski definition) is 4. The van der Waals surface area contributed by atoms with Crippen molar-refractivity contribution in [3.05, 3.63) is 0 Å². The lowest BCUT2D eigenvalue weighted by Crippen LogP contribution is -2.62. The molecule has 3 aliphatic rings. The van der Waals surface area contributed by atoms with E-state index in [9.17, 15) is 9.90 Å². The molecule has 5 nitrogen and oxygen atoms in total. The Hall–Kier alpha value is -1.26. The highest BCUT2D eigenvalue weighted by atomic mass is 16.4. The number of unbranched alkanes of at least 4 members (excludes halogenated alkanes) is 6. The summed E-state index contributed by atoms with van der Waals surface area (Å²) in [6.45, 7) is 4.22. The molecule has 3 aliphatic heterocycles. The third-order valence-corrected chi connectivity index (χ3v) is 6.38. The summed E-state index contributed by atoms with van der Waals surface area (Å²) < 4.78 is 0. The zero-order chi connectivity index (χ0) is 17.8. The van der Waals surface area contributed by atoms with Crippen LogP contribution in [0.4, 0.5) is 0 Å². The van der Waals surface area contributed by atoms with Crippen molar-refractivity contribution < 1.29 is 9.90 Å². The Kier molecular flexibility index (Phi) is 6.24. The Morgan fingerprint density at radius 2 is 1.92 bits per heavy atom. The van der Waals surface area contributed by atoms with Crippen LogP contribution >= 0.6 is 0 Å². The fourth-order valence-corrected chi connectivity index (χ4v) is 5.08. The molecular weight excluding hydrogens is 314 g/mol. The molecule has 2 fully saturated rings. The molecule has 0 saturated carbocycles. The molecule has 0 spiro atoms. The Morgan fingerprint density at radius 1 is 1.20 bits per heavy atom. The van der Waals surface area contributed by atoms with Crippen molar-refractivity contribution in [2.75, 3.05) is 0 Å². The van der Waals surface area contributed by atoms with Crippen LogP contribution in [0.15, 0.2) is 4.99 Å². The van der Waals surface area contributed by atoms with Crippen LogP contribution in [-0.2, 0) is 4.79 Å². The van der Waals surface area contributed by atoms with E-state index < -0.39 is 5.97 Å². The average Bonchev–Trinajstić information content (AvgIpc) is 2.98. The molecule has 25 heavy (non-hydrogen) atoms. The summed E-state index contributed by atoms with van der Waals surface area (Å²) in [5.74, 6) is -0.0573. The van der Waals surface area contributed by atoms with E-state index in [1.807, 2.05) is 6.92 Å². The third-order valence-electron chi connectivity index (χ3n) is 6.38. The summed E-state index contributed by atoms with van der Waals surface area (Å²) in [7, 11) is 0. The number of nitrogens with zero attached hydrogens (tertiary/aromatic N) is 2. The molecule has 5 atom stereocenters. The predicted octanol–water partition coefficient (Wildman–Crippen LogP) is 3.78. The van der Waals surface area contributed by atoms with Gasteiger partial charge in [-0.25, -0.2) is 4.99 Å². The summed E-state index contributed by atoms with van der Waals surface area (Å²) in [4.78, 5) is 18.7. The van der Waals surface area contributed by atoms with Crippen molar-refractivity contribution in [1.82, 2.24) is 10.2 Å². The van der Waals surface area contributed by atoms with Gasteiger partial charge in [0.05, 0.1) is 12.0 Å². The van der Waals surface area contributed by atoms with E-state index in [2.05, 4.69) is 17.1 Å². The molecule has 2 N–H and O–H groups in total. The molecule has 0 aromatic heterocycles. The molecular formula is C20H35N3O2. The van der Waals surface area contributed by atoms with Gasteiger partial charge in [-0.2, -0.15) is 0 Å². The summed E-state index contributed by atoms with van der Waals surface area (Å²) in [6.07, 6.45) is 13.9. The van der Waals surface area contributed by atoms with Crippen LogP contribution in [0.25, 0.3) is 0 Å². The van der Waals surface area contributed by atoms with Gasteiger partial charge in [-0.15, -0.1) is 0 Å². The zero-order valence-corrected chi connectivity index (χ0v) is 15.9. The molecule has 3 heterocycles. The molecule has 0 unspecified atom stereocenters. The lowest BCUT2D eigenvalue weighted by atomic mass is 9.89. The van der Waals surface area contributed by atoms with Crippen molar-refractivity contribution in [2.45, 2.75) is 109 Å². The van der Waals surface area contributed by atoms with Gasteiger partial charge in [0.1, 0.15) is 0 Å². The fraction of sp³-hybridized carbons (Fsp3) is 0.900. The second-order valence-electron chi connectivity index (χ2n) is 8.25. The number of aliphatic carboxylic acids is 1. The molecule has 0 aliphatic carbocycles. The first-order chi connectivity index (χ1) is 12.1. The fourth-order valence-electron chi connectivity index (χ4n) is 5.08. The quantitative estimate of drug-likeness (QED) is 0.622. The SMILES string of the molecule is CCCCCCCCC[C@@H]1C[C@@H]2CC[C@H]3[C@H](C(=O)O)[C@H](C)N=C(N1)N23. The lowest BCUT2D eigenvalue weighted by Gasteiger charge is -2.46. The topological polar surface area (TPSA) is 64.9 Å². The molecule has 0 bridgehead atoms. The summed E-state index contributed by atoms with van der Waals surface area (Å²) in [5.41, 5.74) is 0. The number of carbonyl (C=O) groups is 1. The highest BCUT2D eigenvalue weighted by Crippen LogP contribution is 2.39. The van der Waals surface area contributed by atoms with Gasteiger partial charge in [-0.1, -0.05) is 51.9 Å². The molecule has 0 radical (unpaired) electrons. The summed E-state index contributed by atoms with van der Waals surface area (Å²) >= 11 is 0. The standard InChI is InChI=1S/C20H35N3O2/c1-3-4-5-6-7-8-9-10-15-13-16-11-12-17-18(19(24)25)14(2)21-20(22-15)23(16)17/h14-18H,3-13H2,1-2H3,(H,21,22)(H,24,25)/t14-,15+,16-,17-,18+/m0/s1. The Balaban J connectivity index is 1.50. The number of rotatable bonds is 9. The minimum atomic E-state index is -0.689. The van der Waals surface area contributed by atoms with Crippen LogP contribution in [0.3, 0.4) is 0 Å². The largest absolute Gasteiger partial charge is 0.481 e. The Labute approximate surface area is 152 Å². The van der Waals surface area contributed by atoms with Crippen LogP contribution in [0.2, 0.25) is 0 Å². The molecule has 3 rings (SSSR count). The molecule has 5 heteroatoms. The maximum atomic E-state index is 11.6. The molecule has 0 aromatic rings. The zero-order valence-electron chi connectivity index (χ0n) is 15.9. The van der Waals surface area contributed by atoms with Crippen LogP contribution < -0.4 is 5.32 Å². The van der Waals surface area contributed by atoms with Crippen molar-refractivity contribution >= 4 is 11.9 Å². The number of aliphatic imine (C=N–C) groups is 1. The normalized spacial score (nSPS) is 33.6. The summed E-state index contributed by atoms with van der Waals surface area (Å²) in [5, 5.41) is 13.2. The van der Waals surface area contributed by atoms with Crippen LogP contribution in [-0.4, -0.2) is 46.1 Å². The van der Waals surface area contributed by atoms with Gasteiger partial charge in [0.25, 0.3) is 0 Å². The van der Waals surface area contributed by atoms with E-state index in [0.717, 1.165) is 25.2 Å². The first-order valence-corrected chi connectivity index (χ1v) is 10.5. The van der Waals surface area contributed by atoms with Gasteiger partial charge in [0.2, 0.25) is 0 Å². The van der Waals surface area contributed by atoms with E-state index in [0.29, 0.717) is 12.1 Å².